The third kappa shape index (κ3) is 7.22. The van der Waals surface area contributed by atoms with Gasteiger partial charge in [-0.05, 0) is 72.4 Å². The van der Waals surface area contributed by atoms with Gasteiger partial charge in [0.05, 0.1) is 0 Å². The second-order valence-corrected chi connectivity index (χ2v) is 12.2. The molecule has 1 heterocycles. The highest BCUT2D eigenvalue weighted by molar-refractivity contribution is 5.88. The molecular formula is C39H38O9. The molecule has 1 saturated carbocycles. The van der Waals surface area contributed by atoms with Gasteiger partial charge in [-0.3, -0.25) is 9.59 Å². The van der Waals surface area contributed by atoms with Crippen molar-refractivity contribution < 1.29 is 38.4 Å². The molecule has 6 rings (SSSR count). The summed E-state index contributed by atoms with van der Waals surface area (Å²) in [6, 6.07) is 30.0. The summed E-state index contributed by atoms with van der Waals surface area (Å²) in [5.74, 6) is 0.0283. The van der Waals surface area contributed by atoms with Gasteiger partial charge in [0.1, 0.15) is 60.1 Å². The summed E-state index contributed by atoms with van der Waals surface area (Å²) in [6.07, 6.45) is -4.60. The minimum absolute atomic E-state index is 0.136. The van der Waals surface area contributed by atoms with Crippen LogP contribution < -0.4 is 19.6 Å². The number of fused-ring (bicyclic) bond motifs is 1. The maximum Gasteiger partial charge on any atom is 0.303 e. The number of esters is 1. The molecule has 2 N–H and O–H groups in total. The first-order valence-electron chi connectivity index (χ1n) is 15.9. The molecule has 5 atom stereocenters. The highest BCUT2D eigenvalue weighted by Gasteiger charge is 2.45. The Bertz CT molecular complexity index is 1920. The summed E-state index contributed by atoms with van der Waals surface area (Å²) < 4.78 is 30.2. The third-order valence-corrected chi connectivity index (χ3v) is 8.47. The number of rotatable bonds is 10. The van der Waals surface area contributed by atoms with Gasteiger partial charge in [0.25, 0.3) is 0 Å². The maximum absolute atomic E-state index is 14.4. The van der Waals surface area contributed by atoms with Gasteiger partial charge >= 0.3 is 5.97 Å². The normalized spacial score (nSPS) is 20.6. The van der Waals surface area contributed by atoms with Crippen LogP contribution >= 0.6 is 0 Å². The zero-order chi connectivity index (χ0) is 33.8. The Morgan fingerprint density at radius 1 is 0.854 bits per heavy atom. The average Bonchev–Trinajstić information content (AvgIpc) is 3.09. The zero-order valence-electron chi connectivity index (χ0n) is 27.0. The summed E-state index contributed by atoms with van der Waals surface area (Å²) in [4.78, 5) is 26.1. The molecule has 48 heavy (non-hydrogen) atoms. The Kier molecular flexibility index (Phi) is 9.80. The molecule has 0 radical (unpaired) electrons. The number of benzene rings is 4. The number of ether oxygens (including phenoxy) is 4. The standard InChI is InChI=1S/C39H38O9/c1-23-18-30(45-22-27-12-8-5-9-13-27)33-31(19-23)47-38(28-14-16-29(17-15-28)44-21-26-10-6-4-7-11-26)39(35(33)42)48-32-20-24(2)37(46-25(3)40)36(43)34(32)41/h4-19,24,32,34,36-37,41,43H,20-22H2,1-3H3. The Labute approximate surface area is 278 Å². The van der Waals surface area contributed by atoms with E-state index in [9.17, 15) is 19.8 Å². The van der Waals surface area contributed by atoms with Crippen molar-refractivity contribution in [1.29, 1.82) is 0 Å². The van der Waals surface area contributed by atoms with E-state index in [4.69, 9.17) is 23.4 Å². The summed E-state index contributed by atoms with van der Waals surface area (Å²) in [7, 11) is 0. The molecule has 0 amide bonds. The molecule has 5 aromatic rings. The molecule has 0 spiro atoms. The molecule has 1 aliphatic rings. The van der Waals surface area contributed by atoms with Crippen LogP contribution in [0.1, 0.15) is 37.0 Å². The summed E-state index contributed by atoms with van der Waals surface area (Å²) in [5.41, 5.74) is 3.14. The monoisotopic (exact) mass is 650 g/mol. The molecule has 9 heteroatoms. The number of aliphatic hydroxyl groups excluding tert-OH is 2. The van der Waals surface area contributed by atoms with E-state index in [1.54, 1.807) is 43.3 Å². The van der Waals surface area contributed by atoms with Crippen LogP contribution in [0.25, 0.3) is 22.3 Å². The predicted molar refractivity (Wildman–Crippen MR) is 180 cm³/mol. The average molecular weight is 651 g/mol. The van der Waals surface area contributed by atoms with Crippen molar-refractivity contribution in [3.05, 3.63) is 124 Å². The van der Waals surface area contributed by atoms with E-state index in [2.05, 4.69) is 0 Å². The first kappa shape index (κ1) is 32.8. The van der Waals surface area contributed by atoms with Crippen LogP contribution in [-0.4, -0.2) is 40.6 Å². The summed E-state index contributed by atoms with van der Waals surface area (Å²) in [6.45, 7) is 5.54. The van der Waals surface area contributed by atoms with E-state index in [1.165, 1.54) is 6.92 Å². The molecule has 0 saturated heterocycles. The van der Waals surface area contributed by atoms with Gasteiger partial charge in [0.2, 0.25) is 11.2 Å². The van der Waals surface area contributed by atoms with Gasteiger partial charge in [-0.25, -0.2) is 0 Å². The van der Waals surface area contributed by atoms with Gasteiger partial charge in [0.15, 0.2) is 5.76 Å². The molecule has 1 fully saturated rings. The first-order chi connectivity index (χ1) is 23.2. The predicted octanol–water partition coefficient (Wildman–Crippen LogP) is 6.37. The Morgan fingerprint density at radius 3 is 2.10 bits per heavy atom. The molecule has 9 nitrogen and oxygen atoms in total. The Balaban J connectivity index is 1.39. The molecule has 5 unspecified atom stereocenters. The molecule has 0 bridgehead atoms. The SMILES string of the molecule is CC(=O)OC1C(C)CC(Oc2c(-c3ccc(OCc4ccccc4)cc3)oc3cc(C)cc(OCc4ccccc4)c3c2=O)C(O)C1O. The van der Waals surface area contributed by atoms with Crippen LogP contribution in [0.3, 0.4) is 0 Å². The molecular weight excluding hydrogens is 612 g/mol. The zero-order valence-corrected chi connectivity index (χ0v) is 27.0. The van der Waals surface area contributed by atoms with Crippen molar-refractivity contribution in [2.75, 3.05) is 0 Å². The Hall–Kier alpha value is -5.12. The second-order valence-electron chi connectivity index (χ2n) is 12.2. The van der Waals surface area contributed by atoms with Crippen molar-refractivity contribution in [3.8, 4) is 28.6 Å². The third-order valence-electron chi connectivity index (χ3n) is 8.47. The van der Waals surface area contributed by atoms with Crippen molar-refractivity contribution in [1.82, 2.24) is 0 Å². The minimum atomic E-state index is -1.45. The fraction of sp³-hybridized carbons (Fsp3) is 0.282. The van der Waals surface area contributed by atoms with E-state index in [1.807, 2.05) is 67.6 Å². The first-order valence-corrected chi connectivity index (χ1v) is 15.9. The van der Waals surface area contributed by atoms with Crippen molar-refractivity contribution in [2.45, 2.75) is 64.8 Å². The lowest BCUT2D eigenvalue weighted by molar-refractivity contribution is -0.182. The van der Waals surface area contributed by atoms with Crippen LogP contribution in [0.4, 0.5) is 0 Å². The van der Waals surface area contributed by atoms with E-state index in [-0.39, 0.29) is 35.8 Å². The van der Waals surface area contributed by atoms with Gasteiger partial charge in [-0.1, -0.05) is 67.6 Å². The minimum Gasteiger partial charge on any atom is -0.489 e. The summed E-state index contributed by atoms with van der Waals surface area (Å²) >= 11 is 0. The van der Waals surface area contributed by atoms with E-state index in [0.29, 0.717) is 29.3 Å². The van der Waals surface area contributed by atoms with Crippen LogP contribution in [0.15, 0.2) is 106 Å². The number of hydrogen-bond acceptors (Lipinski definition) is 9. The largest absolute Gasteiger partial charge is 0.489 e. The molecule has 1 aromatic heterocycles. The topological polar surface area (TPSA) is 125 Å². The fourth-order valence-corrected chi connectivity index (χ4v) is 6.03. The van der Waals surface area contributed by atoms with Crippen molar-refractivity contribution in [2.24, 2.45) is 5.92 Å². The molecule has 0 aliphatic heterocycles. The molecule has 1 aliphatic carbocycles. The Morgan fingerprint density at radius 2 is 1.48 bits per heavy atom. The van der Waals surface area contributed by atoms with E-state index < -0.39 is 35.8 Å². The number of carbonyl (C=O) groups is 1. The van der Waals surface area contributed by atoms with Crippen molar-refractivity contribution in [3.63, 3.8) is 0 Å². The van der Waals surface area contributed by atoms with Gasteiger partial charge in [0, 0.05) is 12.5 Å². The maximum atomic E-state index is 14.4. The highest BCUT2D eigenvalue weighted by Crippen LogP contribution is 2.38. The molecule has 4 aromatic carbocycles. The van der Waals surface area contributed by atoms with Crippen LogP contribution in [0.5, 0.6) is 17.2 Å². The number of aliphatic hydroxyl groups is 2. The van der Waals surface area contributed by atoms with Gasteiger partial charge in [-0.15, -0.1) is 0 Å². The van der Waals surface area contributed by atoms with Gasteiger partial charge < -0.3 is 33.6 Å². The second kappa shape index (κ2) is 14.3. The lowest BCUT2D eigenvalue weighted by Crippen LogP contribution is -2.56. The lowest BCUT2D eigenvalue weighted by atomic mass is 9.81. The van der Waals surface area contributed by atoms with Crippen LogP contribution in [-0.2, 0) is 22.7 Å². The fourth-order valence-electron chi connectivity index (χ4n) is 6.03. The number of aryl methyl sites for hydroxylation is 1. The van der Waals surface area contributed by atoms with Crippen LogP contribution in [0, 0.1) is 12.8 Å². The van der Waals surface area contributed by atoms with Crippen molar-refractivity contribution >= 4 is 16.9 Å². The number of carbonyl (C=O) groups excluding carboxylic acids is 1. The summed E-state index contributed by atoms with van der Waals surface area (Å²) in [5, 5.41) is 22.2. The van der Waals surface area contributed by atoms with Gasteiger partial charge in [-0.2, -0.15) is 0 Å². The van der Waals surface area contributed by atoms with E-state index >= 15 is 0 Å². The van der Waals surface area contributed by atoms with E-state index in [0.717, 1.165) is 16.7 Å². The lowest BCUT2D eigenvalue weighted by Gasteiger charge is -2.40. The smallest absolute Gasteiger partial charge is 0.303 e. The number of hydrogen-bond donors (Lipinski definition) is 2. The quantitative estimate of drug-likeness (QED) is 0.166. The highest BCUT2D eigenvalue weighted by atomic mass is 16.6. The molecule has 248 valence electrons. The van der Waals surface area contributed by atoms with Crippen LogP contribution in [0.2, 0.25) is 0 Å².